The molecule has 0 radical (unpaired) electrons. The Morgan fingerprint density at radius 3 is 1.86 bits per heavy atom. The number of hydrogen-bond acceptors (Lipinski definition) is 2. The van der Waals surface area contributed by atoms with Crippen LogP contribution in [0.3, 0.4) is 0 Å². The first kappa shape index (κ1) is 25.3. The summed E-state index contributed by atoms with van der Waals surface area (Å²) in [5.41, 5.74) is -0.0482. The Hall–Kier alpha value is -1.77. The van der Waals surface area contributed by atoms with Gasteiger partial charge in [0.1, 0.15) is 5.75 Å². The number of rotatable bonds is 17. The topological polar surface area (TPSA) is 57.5 Å². The molecule has 29 heavy (non-hydrogen) atoms. The third-order valence-electron chi connectivity index (χ3n) is 6.05. The maximum atomic E-state index is 12.0. The van der Waals surface area contributed by atoms with Gasteiger partial charge in [-0.2, -0.15) is 0 Å². The highest BCUT2D eigenvalue weighted by molar-refractivity contribution is 5.81. The van der Waals surface area contributed by atoms with E-state index in [0.717, 1.165) is 31.2 Å². The number of hydrogen-bond donors (Lipinski definition) is 2. The summed E-state index contributed by atoms with van der Waals surface area (Å²) in [7, 11) is 0. The zero-order chi connectivity index (χ0) is 21.4. The molecule has 1 aromatic rings. The molecule has 1 unspecified atom stereocenters. The number of carboxylic acids is 1. The minimum absolute atomic E-state index is 0.175. The number of phenols is 1. The van der Waals surface area contributed by atoms with Crippen LogP contribution in [0.1, 0.15) is 109 Å². The second-order valence-electron chi connectivity index (χ2n) is 8.27. The summed E-state index contributed by atoms with van der Waals surface area (Å²) in [5, 5.41) is 19.4. The van der Waals surface area contributed by atoms with Gasteiger partial charge in [-0.3, -0.25) is 4.79 Å². The third kappa shape index (κ3) is 9.51. The van der Waals surface area contributed by atoms with E-state index in [0.29, 0.717) is 12.8 Å². The van der Waals surface area contributed by atoms with Crippen molar-refractivity contribution in [1.82, 2.24) is 0 Å². The summed E-state index contributed by atoms with van der Waals surface area (Å²) in [6.07, 6.45) is 20.6. The second kappa shape index (κ2) is 15.1. The molecule has 1 aromatic carbocycles. The highest BCUT2D eigenvalue weighted by atomic mass is 16.4. The lowest BCUT2D eigenvalue weighted by Gasteiger charge is -2.29. The first-order valence-electron chi connectivity index (χ1n) is 11.7. The van der Waals surface area contributed by atoms with Crippen LogP contribution in [0.25, 0.3) is 0 Å². The van der Waals surface area contributed by atoms with Gasteiger partial charge < -0.3 is 10.2 Å². The van der Waals surface area contributed by atoms with Gasteiger partial charge in [-0.1, -0.05) is 89.5 Å². The van der Waals surface area contributed by atoms with Crippen molar-refractivity contribution in [2.45, 2.75) is 109 Å². The number of aromatic hydroxyl groups is 1. The van der Waals surface area contributed by atoms with E-state index in [4.69, 9.17) is 0 Å². The molecule has 0 aliphatic rings. The lowest BCUT2D eigenvalue weighted by atomic mass is 9.74. The monoisotopic (exact) mass is 402 g/mol. The van der Waals surface area contributed by atoms with Crippen molar-refractivity contribution < 1.29 is 15.0 Å². The summed E-state index contributed by atoms with van der Waals surface area (Å²) < 4.78 is 0. The number of benzene rings is 1. The van der Waals surface area contributed by atoms with E-state index in [1.807, 2.05) is 6.92 Å². The van der Waals surface area contributed by atoms with E-state index in [2.05, 4.69) is 19.1 Å². The number of aliphatic carboxylic acids is 1. The van der Waals surface area contributed by atoms with Gasteiger partial charge in [0, 0.05) is 0 Å². The number of phenolic OH excluding ortho intramolecular Hbond substituents is 1. The molecule has 0 saturated heterocycles. The van der Waals surface area contributed by atoms with E-state index in [9.17, 15) is 15.0 Å². The predicted molar refractivity (Wildman–Crippen MR) is 123 cm³/mol. The molecule has 0 aromatic heterocycles. The van der Waals surface area contributed by atoms with Crippen molar-refractivity contribution in [1.29, 1.82) is 0 Å². The van der Waals surface area contributed by atoms with E-state index < -0.39 is 11.4 Å². The molecule has 1 atom stereocenters. The molecule has 1 rings (SSSR count). The largest absolute Gasteiger partial charge is 0.508 e. The summed E-state index contributed by atoms with van der Waals surface area (Å²) in [6, 6.07) is 6.67. The van der Waals surface area contributed by atoms with Crippen molar-refractivity contribution in [3.05, 3.63) is 42.0 Å². The molecule has 3 heteroatoms. The average molecular weight is 403 g/mol. The van der Waals surface area contributed by atoms with E-state index >= 15 is 0 Å². The lowest BCUT2D eigenvalue weighted by Crippen LogP contribution is -2.35. The number of carbonyl (C=O) groups is 1. The highest BCUT2D eigenvalue weighted by Gasteiger charge is 2.37. The van der Waals surface area contributed by atoms with Gasteiger partial charge in [0.25, 0.3) is 0 Å². The summed E-state index contributed by atoms with van der Waals surface area (Å²) in [4.78, 5) is 12.0. The van der Waals surface area contributed by atoms with Gasteiger partial charge in [-0.15, -0.1) is 0 Å². The maximum Gasteiger partial charge on any atom is 0.314 e. The van der Waals surface area contributed by atoms with E-state index in [-0.39, 0.29) is 5.75 Å². The minimum Gasteiger partial charge on any atom is -0.508 e. The quantitative estimate of drug-likeness (QED) is 0.207. The minimum atomic E-state index is -0.843. The number of carboxylic acid groups (broad SMARTS) is 1. The molecule has 0 heterocycles. The molecule has 0 amide bonds. The number of unbranched alkanes of at least 4 members (excludes halogenated alkanes) is 10. The van der Waals surface area contributed by atoms with Gasteiger partial charge >= 0.3 is 5.97 Å². The van der Waals surface area contributed by atoms with Crippen LogP contribution in [0.5, 0.6) is 5.75 Å². The Morgan fingerprint density at radius 1 is 0.828 bits per heavy atom. The van der Waals surface area contributed by atoms with E-state index in [1.165, 1.54) is 51.4 Å². The lowest BCUT2D eigenvalue weighted by molar-refractivity contribution is -0.144. The zero-order valence-electron chi connectivity index (χ0n) is 18.7. The second-order valence-corrected chi connectivity index (χ2v) is 8.27. The molecule has 0 spiro atoms. The maximum absolute atomic E-state index is 12.0. The Balaban J connectivity index is 2.22. The van der Waals surface area contributed by atoms with Crippen molar-refractivity contribution in [2.75, 3.05) is 0 Å². The van der Waals surface area contributed by atoms with Crippen molar-refractivity contribution in [2.24, 2.45) is 0 Å². The van der Waals surface area contributed by atoms with Gasteiger partial charge in [-0.25, -0.2) is 0 Å². The van der Waals surface area contributed by atoms with Crippen LogP contribution in [0.2, 0.25) is 0 Å². The van der Waals surface area contributed by atoms with Crippen LogP contribution < -0.4 is 0 Å². The Bertz CT molecular complexity index is 576. The average Bonchev–Trinajstić information content (AvgIpc) is 2.72. The molecule has 0 aliphatic carbocycles. The molecular formula is C26H42O3. The molecular weight excluding hydrogens is 360 g/mol. The highest BCUT2D eigenvalue weighted by Crippen LogP contribution is 2.35. The SMILES string of the molecule is CCCCCCCC/C=C\CCCCCCC(CC)(C(=O)O)c1ccc(O)cc1. The third-order valence-corrected chi connectivity index (χ3v) is 6.05. The Kier molecular flexibility index (Phi) is 13.2. The summed E-state index contributed by atoms with van der Waals surface area (Å²) in [6.45, 7) is 4.19. The Labute approximate surface area is 178 Å². The van der Waals surface area contributed by atoms with Crippen LogP contribution in [0.15, 0.2) is 36.4 Å². The van der Waals surface area contributed by atoms with Crippen molar-refractivity contribution >= 4 is 5.97 Å². The molecule has 0 aliphatic heterocycles. The smallest absolute Gasteiger partial charge is 0.314 e. The fourth-order valence-electron chi connectivity index (χ4n) is 4.01. The fraction of sp³-hybridized carbons (Fsp3) is 0.654. The van der Waals surface area contributed by atoms with Gasteiger partial charge in [0.05, 0.1) is 5.41 Å². The van der Waals surface area contributed by atoms with Crippen LogP contribution in [-0.2, 0) is 10.2 Å². The Morgan fingerprint density at radius 2 is 1.34 bits per heavy atom. The van der Waals surface area contributed by atoms with Gasteiger partial charge in [-0.05, 0) is 56.2 Å². The summed E-state index contributed by atoms with van der Waals surface area (Å²) >= 11 is 0. The molecule has 3 nitrogen and oxygen atoms in total. The van der Waals surface area contributed by atoms with Gasteiger partial charge in [0.15, 0.2) is 0 Å². The van der Waals surface area contributed by atoms with Crippen LogP contribution in [0.4, 0.5) is 0 Å². The first-order valence-corrected chi connectivity index (χ1v) is 11.7. The first-order chi connectivity index (χ1) is 14.1. The van der Waals surface area contributed by atoms with E-state index in [1.54, 1.807) is 24.3 Å². The zero-order valence-corrected chi connectivity index (χ0v) is 18.7. The standard InChI is InChI=1S/C26H42O3/c1-3-5-6-7-8-9-10-11-12-13-14-15-16-17-22-26(4-2,25(28)29)23-18-20-24(27)21-19-23/h11-12,18-21,27H,3-10,13-17,22H2,1-2H3,(H,28,29)/b12-11-. The van der Waals surface area contributed by atoms with Crippen LogP contribution >= 0.6 is 0 Å². The molecule has 0 fully saturated rings. The van der Waals surface area contributed by atoms with Crippen LogP contribution in [0, 0.1) is 0 Å². The molecule has 164 valence electrons. The van der Waals surface area contributed by atoms with Gasteiger partial charge in [0.2, 0.25) is 0 Å². The summed E-state index contributed by atoms with van der Waals surface area (Å²) in [5.74, 6) is -0.586. The number of allylic oxidation sites excluding steroid dienone is 2. The normalized spacial score (nSPS) is 13.6. The molecule has 2 N–H and O–H groups in total. The van der Waals surface area contributed by atoms with Crippen molar-refractivity contribution in [3.63, 3.8) is 0 Å². The molecule has 0 saturated carbocycles. The predicted octanol–water partition coefficient (Wildman–Crippen LogP) is 7.77. The van der Waals surface area contributed by atoms with Crippen molar-refractivity contribution in [3.8, 4) is 5.75 Å². The van der Waals surface area contributed by atoms with Crippen LogP contribution in [-0.4, -0.2) is 16.2 Å². The fourth-order valence-corrected chi connectivity index (χ4v) is 4.01. The molecule has 0 bridgehead atoms.